The molecule has 114 valence electrons. The molecule has 0 unspecified atom stereocenters. The van der Waals surface area contributed by atoms with Crippen LogP contribution in [-0.2, 0) is 4.79 Å². The van der Waals surface area contributed by atoms with E-state index >= 15 is 0 Å². The van der Waals surface area contributed by atoms with Crippen LogP contribution in [0.15, 0.2) is 54.1 Å². The Morgan fingerprint density at radius 3 is 2.52 bits per heavy atom. The molecule has 2 aromatic rings. The zero-order valence-electron chi connectivity index (χ0n) is 11.7. The molecule has 0 saturated heterocycles. The summed E-state index contributed by atoms with van der Waals surface area (Å²) in [7, 11) is 0. The van der Waals surface area contributed by atoms with Crippen molar-refractivity contribution in [2.75, 3.05) is 5.32 Å². The number of nitrogens with one attached hydrogen (secondary N) is 1. The number of non-ortho nitro benzene ring substituents is 1. The van der Waals surface area contributed by atoms with Gasteiger partial charge >= 0.3 is 0 Å². The van der Waals surface area contributed by atoms with Crippen molar-refractivity contribution >= 4 is 35.0 Å². The quantitative estimate of drug-likeness (QED) is 0.400. The highest BCUT2D eigenvalue weighted by Gasteiger charge is 2.14. The Labute approximate surface area is 136 Å². The first-order chi connectivity index (χ1) is 11.0. The summed E-state index contributed by atoms with van der Waals surface area (Å²) in [5, 5.41) is 22.3. The molecule has 0 aliphatic rings. The lowest BCUT2D eigenvalue weighted by molar-refractivity contribution is -0.384. The second kappa shape index (κ2) is 7.20. The third kappa shape index (κ3) is 4.15. The molecule has 0 saturated carbocycles. The molecule has 0 aromatic heterocycles. The first-order valence-corrected chi connectivity index (χ1v) is 6.81. The van der Waals surface area contributed by atoms with E-state index in [4.69, 9.17) is 16.9 Å². The molecule has 0 fully saturated rings. The van der Waals surface area contributed by atoms with Crippen LogP contribution in [0.1, 0.15) is 5.56 Å². The molecule has 0 bridgehead atoms. The summed E-state index contributed by atoms with van der Waals surface area (Å²) in [5.74, 6) is -0.646. The van der Waals surface area contributed by atoms with Crippen molar-refractivity contribution in [1.29, 1.82) is 5.26 Å². The Hall–Kier alpha value is -3.17. The number of carbonyl (C=O) groups is 1. The number of amides is 1. The minimum absolute atomic E-state index is 0.0181. The van der Waals surface area contributed by atoms with Crippen LogP contribution in [0.5, 0.6) is 0 Å². The van der Waals surface area contributed by atoms with E-state index in [1.807, 2.05) is 12.1 Å². The van der Waals surface area contributed by atoms with Crippen LogP contribution in [0.4, 0.5) is 11.4 Å². The summed E-state index contributed by atoms with van der Waals surface area (Å²) in [4.78, 5) is 22.2. The highest BCUT2D eigenvalue weighted by molar-refractivity contribution is 6.34. The van der Waals surface area contributed by atoms with Gasteiger partial charge in [-0.15, -0.1) is 0 Å². The maximum atomic E-state index is 12.1. The van der Waals surface area contributed by atoms with E-state index in [1.165, 1.54) is 18.2 Å². The molecular formula is C16H10ClN3O3. The average molecular weight is 328 g/mol. The van der Waals surface area contributed by atoms with E-state index in [1.54, 1.807) is 24.3 Å². The maximum Gasteiger partial charge on any atom is 0.271 e. The number of nitrogens with zero attached hydrogens (tertiary/aromatic N) is 2. The Morgan fingerprint density at radius 1 is 1.26 bits per heavy atom. The predicted octanol–water partition coefficient (Wildman–Crippen LogP) is 3.79. The molecule has 7 heteroatoms. The molecule has 2 rings (SSSR count). The van der Waals surface area contributed by atoms with E-state index in [0.29, 0.717) is 5.56 Å². The molecular weight excluding hydrogens is 318 g/mol. The lowest BCUT2D eigenvalue weighted by Gasteiger charge is -2.06. The zero-order chi connectivity index (χ0) is 16.8. The van der Waals surface area contributed by atoms with Gasteiger partial charge in [0.1, 0.15) is 11.6 Å². The van der Waals surface area contributed by atoms with Gasteiger partial charge in [0, 0.05) is 12.1 Å². The largest absolute Gasteiger partial charge is 0.320 e. The predicted molar refractivity (Wildman–Crippen MR) is 86.8 cm³/mol. The Balaban J connectivity index is 2.22. The number of nitro groups is 1. The van der Waals surface area contributed by atoms with Crippen LogP contribution >= 0.6 is 11.6 Å². The number of nitro benzene ring substituents is 1. The number of hydrogen-bond donors (Lipinski definition) is 1. The van der Waals surface area contributed by atoms with Crippen LogP contribution in [0.2, 0.25) is 5.02 Å². The summed E-state index contributed by atoms with van der Waals surface area (Å²) in [6, 6.07) is 14.4. The monoisotopic (exact) mass is 327 g/mol. The maximum absolute atomic E-state index is 12.1. The molecule has 6 nitrogen and oxygen atoms in total. The van der Waals surface area contributed by atoms with Crippen molar-refractivity contribution in [1.82, 2.24) is 0 Å². The topological polar surface area (TPSA) is 96.0 Å². The van der Waals surface area contributed by atoms with Crippen molar-refractivity contribution < 1.29 is 9.72 Å². The second-order valence-electron chi connectivity index (χ2n) is 4.46. The van der Waals surface area contributed by atoms with Gasteiger partial charge < -0.3 is 5.32 Å². The fraction of sp³-hybridized carbons (Fsp3) is 0. The van der Waals surface area contributed by atoms with Gasteiger partial charge in [-0.25, -0.2) is 0 Å². The molecule has 0 radical (unpaired) electrons. The number of halogens is 1. The normalized spacial score (nSPS) is 10.7. The first-order valence-electron chi connectivity index (χ1n) is 6.43. The molecule has 0 spiro atoms. The van der Waals surface area contributed by atoms with Crippen molar-refractivity contribution in [3.8, 4) is 6.07 Å². The van der Waals surface area contributed by atoms with Crippen molar-refractivity contribution in [2.45, 2.75) is 0 Å². The lowest BCUT2D eigenvalue weighted by atomic mass is 10.1. The van der Waals surface area contributed by atoms with Gasteiger partial charge in [-0.05, 0) is 17.7 Å². The van der Waals surface area contributed by atoms with Gasteiger partial charge in [-0.2, -0.15) is 5.26 Å². The van der Waals surface area contributed by atoms with Crippen LogP contribution in [0, 0.1) is 21.4 Å². The zero-order valence-corrected chi connectivity index (χ0v) is 12.4. The number of benzene rings is 2. The van der Waals surface area contributed by atoms with Gasteiger partial charge in [0.05, 0.1) is 15.6 Å². The minimum atomic E-state index is -0.646. The van der Waals surface area contributed by atoms with Gasteiger partial charge in [0.15, 0.2) is 0 Å². The molecule has 23 heavy (non-hydrogen) atoms. The fourth-order valence-corrected chi connectivity index (χ4v) is 2.00. The molecule has 2 aromatic carbocycles. The Kier molecular flexibility index (Phi) is 5.07. The molecule has 1 N–H and O–H groups in total. The number of anilines is 1. The Bertz CT molecular complexity index is 826. The second-order valence-corrected chi connectivity index (χ2v) is 4.86. The highest BCUT2D eigenvalue weighted by Crippen LogP contribution is 2.27. The smallest absolute Gasteiger partial charge is 0.271 e. The summed E-state index contributed by atoms with van der Waals surface area (Å²) < 4.78 is 0. The Morgan fingerprint density at radius 2 is 1.96 bits per heavy atom. The van der Waals surface area contributed by atoms with E-state index < -0.39 is 10.8 Å². The minimum Gasteiger partial charge on any atom is -0.320 e. The molecule has 1 amide bonds. The van der Waals surface area contributed by atoms with E-state index in [2.05, 4.69) is 5.32 Å². The van der Waals surface area contributed by atoms with Crippen LogP contribution in [-0.4, -0.2) is 10.8 Å². The number of carbonyl (C=O) groups excluding carboxylic acids is 1. The number of hydrogen-bond acceptors (Lipinski definition) is 4. The van der Waals surface area contributed by atoms with Gasteiger partial charge in [0.2, 0.25) is 0 Å². The third-order valence-corrected chi connectivity index (χ3v) is 3.20. The summed E-state index contributed by atoms with van der Waals surface area (Å²) in [6.07, 6.45) is 1.44. The van der Waals surface area contributed by atoms with Crippen LogP contribution < -0.4 is 5.32 Å². The number of nitriles is 1. The van der Waals surface area contributed by atoms with Gasteiger partial charge in [-0.3, -0.25) is 14.9 Å². The highest BCUT2D eigenvalue weighted by atomic mass is 35.5. The summed E-state index contributed by atoms with van der Waals surface area (Å²) in [6.45, 7) is 0. The summed E-state index contributed by atoms with van der Waals surface area (Å²) in [5.41, 5.74) is 0.601. The summed E-state index contributed by atoms with van der Waals surface area (Å²) >= 11 is 5.90. The van der Waals surface area contributed by atoms with Gasteiger partial charge in [0.25, 0.3) is 11.6 Å². The standard InChI is InChI=1S/C16H10ClN3O3/c17-14-9-13(20(22)23)6-7-15(14)19-16(21)12(10-18)8-11-4-2-1-3-5-11/h1-9H,(H,19,21)/b12-8+. The molecule has 0 heterocycles. The van der Waals surface area contributed by atoms with E-state index in [9.17, 15) is 14.9 Å². The SMILES string of the molecule is N#C/C(=C\c1ccccc1)C(=O)Nc1ccc([N+](=O)[O-])cc1Cl. The van der Waals surface area contributed by atoms with Crippen molar-refractivity contribution in [3.63, 3.8) is 0 Å². The van der Waals surface area contributed by atoms with Gasteiger partial charge in [-0.1, -0.05) is 41.9 Å². The van der Waals surface area contributed by atoms with E-state index in [-0.39, 0.29) is 22.0 Å². The van der Waals surface area contributed by atoms with Crippen LogP contribution in [0.3, 0.4) is 0 Å². The third-order valence-electron chi connectivity index (χ3n) is 2.89. The van der Waals surface area contributed by atoms with Crippen LogP contribution in [0.25, 0.3) is 6.08 Å². The first kappa shape index (κ1) is 16.2. The average Bonchev–Trinajstić information content (AvgIpc) is 2.55. The molecule has 0 aliphatic carbocycles. The molecule has 0 atom stereocenters. The molecule has 0 aliphatic heterocycles. The van der Waals surface area contributed by atoms with E-state index in [0.717, 1.165) is 6.07 Å². The fourth-order valence-electron chi connectivity index (χ4n) is 1.77. The number of rotatable bonds is 4. The lowest BCUT2D eigenvalue weighted by Crippen LogP contribution is -2.13. The van der Waals surface area contributed by atoms with Crippen molar-refractivity contribution in [2.24, 2.45) is 0 Å². The van der Waals surface area contributed by atoms with Crippen molar-refractivity contribution in [3.05, 3.63) is 74.8 Å².